The number of aromatic nitrogens is 4. The molecule has 0 aromatic carbocycles. The van der Waals surface area contributed by atoms with Crippen molar-refractivity contribution in [2.75, 3.05) is 11.9 Å². The van der Waals surface area contributed by atoms with Crippen LogP contribution in [0.15, 0.2) is 43.0 Å². The number of aryl methyl sites for hydroxylation is 2. The Balaban J connectivity index is 1.90. The predicted molar refractivity (Wildman–Crippen MR) is 95.2 cm³/mol. The maximum Gasteiger partial charge on any atom is 0.132 e. The minimum Gasteiger partial charge on any atom is -0.384 e. The van der Waals surface area contributed by atoms with Gasteiger partial charge in [-0.15, -0.1) is 0 Å². The van der Waals surface area contributed by atoms with Gasteiger partial charge in [-0.05, 0) is 44.9 Å². The van der Waals surface area contributed by atoms with Crippen molar-refractivity contribution in [3.8, 4) is 17.5 Å². The lowest BCUT2D eigenvalue weighted by Crippen LogP contribution is -2.00. The topological polar surface area (TPSA) is 55.6 Å². The summed E-state index contributed by atoms with van der Waals surface area (Å²) in [5.41, 5.74) is 4.57. The summed E-state index contributed by atoms with van der Waals surface area (Å²) >= 11 is 0. The van der Waals surface area contributed by atoms with Crippen LogP contribution in [-0.2, 0) is 0 Å². The molecular formula is C19H19N5. The Kier molecular flexibility index (Phi) is 4.57. The second kappa shape index (κ2) is 6.97. The fourth-order valence-corrected chi connectivity index (χ4v) is 2.41. The number of nitrogens with one attached hydrogen (secondary N) is 1. The molecule has 0 unspecified atom stereocenters. The van der Waals surface area contributed by atoms with Crippen molar-refractivity contribution in [1.29, 1.82) is 0 Å². The summed E-state index contributed by atoms with van der Waals surface area (Å²) in [4.78, 5) is 13.0. The first kappa shape index (κ1) is 15.8. The van der Waals surface area contributed by atoms with Crippen LogP contribution in [0.5, 0.6) is 0 Å². The molecular weight excluding hydrogens is 298 g/mol. The predicted octanol–water partition coefficient (Wildman–Crippen LogP) is 3.11. The fraction of sp³-hybridized carbons (Fsp3) is 0.211. The first-order valence-corrected chi connectivity index (χ1v) is 7.85. The number of anilines is 1. The highest BCUT2D eigenvalue weighted by molar-refractivity contribution is 5.49. The third-order valence-electron chi connectivity index (χ3n) is 3.50. The summed E-state index contributed by atoms with van der Waals surface area (Å²) in [5.74, 6) is 7.12. The van der Waals surface area contributed by atoms with Crippen LogP contribution in [0.2, 0.25) is 0 Å². The van der Waals surface area contributed by atoms with Crippen LogP contribution in [0.1, 0.15) is 29.7 Å². The van der Waals surface area contributed by atoms with Gasteiger partial charge >= 0.3 is 0 Å². The Bertz CT molecular complexity index is 915. The van der Waals surface area contributed by atoms with Crippen LogP contribution in [0.3, 0.4) is 0 Å². The van der Waals surface area contributed by atoms with Crippen molar-refractivity contribution in [3.05, 3.63) is 65.8 Å². The van der Waals surface area contributed by atoms with Gasteiger partial charge < -0.3 is 9.88 Å². The maximum atomic E-state index is 4.53. The van der Waals surface area contributed by atoms with Gasteiger partial charge in [-0.25, -0.2) is 4.98 Å². The summed E-state index contributed by atoms with van der Waals surface area (Å²) in [6.07, 6.45) is 7.33. The van der Waals surface area contributed by atoms with Gasteiger partial charge in [0.25, 0.3) is 0 Å². The highest BCUT2D eigenvalue weighted by atomic mass is 15.1. The van der Waals surface area contributed by atoms with Crippen LogP contribution in [-0.4, -0.2) is 26.1 Å². The molecule has 0 saturated heterocycles. The van der Waals surface area contributed by atoms with Gasteiger partial charge in [0.05, 0.1) is 23.8 Å². The van der Waals surface area contributed by atoms with E-state index >= 15 is 0 Å². The zero-order chi connectivity index (χ0) is 16.9. The lowest BCUT2D eigenvalue weighted by atomic mass is 10.2. The molecule has 0 radical (unpaired) electrons. The monoisotopic (exact) mass is 317 g/mol. The summed E-state index contributed by atoms with van der Waals surface area (Å²) in [6, 6.07) is 5.91. The van der Waals surface area contributed by atoms with Crippen molar-refractivity contribution < 1.29 is 0 Å². The quantitative estimate of drug-likeness (QED) is 0.754. The third kappa shape index (κ3) is 3.61. The smallest absolute Gasteiger partial charge is 0.132 e. The molecule has 3 rings (SSSR count). The third-order valence-corrected chi connectivity index (χ3v) is 3.50. The molecule has 0 saturated carbocycles. The van der Waals surface area contributed by atoms with E-state index in [2.05, 4.69) is 45.1 Å². The number of hydrogen-bond acceptors (Lipinski definition) is 4. The molecule has 0 spiro atoms. The first-order valence-electron chi connectivity index (χ1n) is 7.85. The minimum absolute atomic E-state index is 0.732. The highest BCUT2D eigenvalue weighted by Crippen LogP contribution is 2.15. The van der Waals surface area contributed by atoms with Crippen LogP contribution in [0.25, 0.3) is 5.69 Å². The average Bonchev–Trinajstić information content (AvgIpc) is 2.95. The molecule has 1 N–H and O–H groups in total. The van der Waals surface area contributed by atoms with Crippen LogP contribution < -0.4 is 5.32 Å². The lowest BCUT2D eigenvalue weighted by Gasteiger charge is -2.07. The maximum absolute atomic E-state index is 4.53. The molecule has 3 aromatic rings. The van der Waals surface area contributed by atoms with Crippen molar-refractivity contribution in [3.63, 3.8) is 0 Å². The molecule has 3 heterocycles. The summed E-state index contributed by atoms with van der Waals surface area (Å²) in [5, 5.41) is 3.27. The van der Waals surface area contributed by atoms with Gasteiger partial charge in [-0.3, -0.25) is 9.97 Å². The molecule has 0 aliphatic heterocycles. The zero-order valence-electron chi connectivity index (χ0n) is 14.0. The van der Waals surface area contributed by atoms with Gasteiger partial charge in [0.1, 0.15) is 11.5 Å². The Labute approximate surface area is 141 Å². The molecule has 120 valence electrons. The molecule has 3 aromatic heterocycles. The van der Waals surface area contributed by atoms with Gasteiger partial charge in [-0.2, -0.15) is 0 Å². The van der Waals surface area contributed by atoms with E-state index in [-0.39, 0.29) is 0 Å². The number of hydrogen-bond donors (Lipinski definition) is 1. The van der Waals surface area contributed by atoms with Gasteiger partial charge in [-0.1, -0.05) is 5.92 Å². The summed E-state index contributed by atoms with van der Waals surface area (Å²) in [6.45, 7) is 6.83. The van der Waals surface area contributed by atoms with E-state index in [1.807, 2.05) is 49.1 Å². The Hall–Kier alpha value is -3.13. The number of rotatable bonds is 3. The van der Waals surface area contributed by atoms with E-state index in [0.29, 0.717) is 0 Å². The van der Waals surface area contributed by atoms with Crippen molar-refractivity contribution in [2.45, 2.75) is 20.8 Å². The Morgan fingerprint density at radius 1 is 1.17 bits per heavy atom. The van der Waals surface area contributed by atoms with Crippen LogP contribution in [0.4, 0.5) is 5.69 Å². The highest BCUT2D eigenvalue weighted by Gasteiger charge is 2.05. The molecule has 5 nitrogen and oxygen atoms in total. The average molecular weight is 317 g/mol. The largest absolute Gasteiger partial charge is 0.384 e. The number of imidazole rings is 1. The molecule has 0 amide bonds. The Morgan fingerprint density at radius 2 is 2.04 bits per heavy atom. The second-order valence-electron chi connectivity index (χ2n) is 5.44. The number of pyridine rings is 2. The molecule has 0 bridgehead atoms. The van der Waals surface area contributed by atoms with E-state index in [9.17, 15) is 0 Å². The summed E-state index contributed by atoms with van der Waals surface area (Å²) in [7, 11) is 0. The molecule has 0 atom stereocenters. The SMILES string of the molecule is CCNc1cncc(-n2cc(C#Cc3ccnc(C)c3)nc2C)c1. The second-order valence-corrected chi connectivity index (χ2v) is 5.44. The molecule has 0 fully saturated rings. The summed E-state index contributed by atoms with van der Waals surface area (Å²) < 4.78 is 2.00. The van der Waals surface area contributed by atoms with E-state index in [4.69, 9.17) is 0 Å². The van der Waals surface area contributed by atoms with E-state index in [0.717, 1.165) is 40.7 Å². The minimum atomic E-state index is 0.732. The lowest BCUT2D eigenvalue weighted by molar-refractivity contribution is 0.964. The Morgan fingerprint density at radius 3 is 2.83 bits per heavy atom. The molecule has 5 heteroatoms. The normalized spacial score (nSPS) is 10.1. The first-order chi connectivity index (χ1) is 11.7. The van der Waals surface area contributed by atoms with Crippen molar-refractivity contribution in [1.82, 2.24) is 19.5 Å². The van der Waals surface area contributed by atoms with Gasteiger partial charge in [0, 0.05) is 30.2 Å². The van der Waals surface area contributed by atoms with Crippen molar-refractivity contribution >= 4 is 5.69 Å². The van der Waals surface area contributed by atoms with E-state index < -0.39 is 0 Å². The van der Waals surface area contributed by atoms with Crippen LogP contribution in [0, 0.1) is 25.7 Å². The standard InChI is InChI=1S/C19H19N5/c1-4-21-18-10-19(12-20-11-18)24-13-17(23-15(24)3)6-5-16-7-8-22-14(2)9-16/h7-13,21H,4H2,1-3H3. The van der Waals surface area contributed by atoms with E-state index in [1.54, 1.807) is 6.20 Å². The molecule has 24 heavy (non-hydrogen) atoms. The molecule has 0 aliphatic carbocycles. The molecule has 0 aliphatic rings. The van der Waals surface area contributed by atoms with Crippen LogP contribution >= 0.6 is 0 Å². The van der Waals surface area contributed by atoms with Crippen molar-refractivity contribution in [2.24, 2.45) is 0 Å². The van der Waals surface area contributed by atoms with E-state index in [1.165, 1.54) is 0 Å². The fourth-order valence-electron chi connectivity index (χ4n) is 2.41. The van der Waals surface area contributed by atoms with Gasteiger partial charge in [0.15, 0.2) is 0 Å². The zero-order valence-corrected chi connectivity index (χ0v) is 14.0. The number of nitrogens with zero attached hydrogens (tertiary/aromatic N) is 4. The van der Waals surface area contributed by atoms with Gasteiger partial charge in [0.2, 0.25) is 0 Å².